The number of benzene rings is 1. The van der Waals surface area contributed by atoms with E-state index in [1.54, 1.807) is 18.3 Å². The van der Waals surface area contributed by atoms with Crippen LogP contribution in [0.3, 0.4) is 0 Å². The molecule has 10 heteroatoms. The number of pyridine rings is 1. The molecule has 2 heterocycles. The highest BCUT2D eigenvalue weighted by Crippen LogP contribution is 2.64. The van der Waals surface area contributed by atoms with Crippen molar-refractivity contribution < 1.29 is 27.1 Å². The van der Waals surface area contributed by atoms with Gasteiger partial charge < -0.3 is 10.1 Å². The number of carbonyl (C=O) groups excluding carboxylic acids is 1. The van der Waals surface area contributed by atoms with E-state index >= 15 is 0 Å². The quantitative estimate of drug-likeness (QED) is 0.483. The predicted octanol–water partition coefficient (Wildman–Crippen LogP) is 5.18. The number of fused-ring (bicyclic) bond motifs is 2. The fraction of sp³-hybridized carbons (Fsp3) is 0.458. The van der Waals surface area contributed by atoms with Crippen molar-refractivity contribution >= 4 is 22.6 Å². The lowest BCUT2D eigenvalue weighted by Gasteiger charge is -2.21. The maximum atomic E-state index is 13.7. The van der Waals surface area contributed by atoms with E-state index < -0.39 is 11.9 Å². The third kappa shape index (κ3) is 3.88. The molecule has 3 saturated carbocycles. The van der Waals surface area contributed by atoms with Crippen molar-refractivity contribution in [2.45, 2.75) is 38.0 Å². The molecule has 34 heavy (non-hydrogen) atoms. The fourth-order valence-corrected chi connectivity index (χ4v) is 5.75. The molecule has 178 valence electrons. The molecule has 6 nitrogen and oxygen atoms in total. The molecule has 0 aliphatic heterocycles. The number of rotatable bonds is 6. The summed E-state index contributed by atoms with van der Waals surface area (Å²) >= 11 is 0. The second kappa shape index (κ2) is 7.68. The number of hydrogen-bond donors (Lipinski definition) is 2. The number of nitrogens with one attached hydrogen (secondary N) is 2. The molecule has 3 unspecified atom stereocenters. The number of amides is 1. The summed E-state index contributed by atoms with van der Waals surface area (Å²) in [6, 6.07) is 6.97. The average molecular weight is 474 g/mol. The maximum Gasteiger partial charge on any atom is 0.432 e. The molecule has 0 spiro atoms. The summed E-state index contributed by atoms with van der Waals surface area (Å²) in [5, 5.41) is 8.75. The van der Waals surface area contributed by atoms with Gasteiger partial charge in [-0.1, -0.05) is 0 Å². The minimum Gasteiger partial charge on any atom is -0.490 e. The third-order valence-corrected chi connectivity index (χ3v) is 7.41. The average Bonchev–Trinajstić information content (AvgIpc) is 3.61. The third-order valence-electron chi connectivity index (χ3n) is 7.41. The summed E-state index contributed by atoms with van der Waals surface area (Å²) in [6.45, 7) is 0. The first-order valence-electron chi connectivity index (χ1n) is 11.4. The van der Waals surface area contributed by atoms with Crippen LogP contribution in [0.25, 0.3) is 10.9 Å². The van der Waals surface area contributed by atoms with Crippen LogP contribution in [0.15, 0.2) is 36.5 Å². The monoisotopic (exact) mass is 474 g/mol. The second-order valence-electron chi connectivity index (χ2n) is 9.60. The number of H-pyrrole nitrogens is 1. The Morgan fingerprint density at radius 2 is 1.91 bits per heavy atom. The normalized spacial score (nSPS) is 26.8. The number of nitrogens with zero attached hydrogens (tertiary/aromatic N) is 2. The Morgan fingerprint density at radius 3 is 2.59 bits per heavy atom. The highest BCUT2D eigenvalue weighted by Gasteiger charge is 2.63. The van der Waals surface area contributed by atoms with Crippen LogP contribution in [0.5, 0.6) is 5.75 Å². The van der Waals surface area contributed by atoms with E-state index in [1.807, 2.05) is 5.10 Å². The molecule has 1 amide bonds. The molecule has 3 atom stereocenters. The van der Waals surface area contributed by atoms with Crippen molar-refractivity contribution in [2.75, 3.05) is 5.32 Å². The van der Waals surface area contributed by atoms with E-state index in [-0.39, 0.29) is 41.4 Å². The van der Waals surface area contributed by atoms with Gasteiger partial charge in [0.1, 0.15) is 17.3 Å². The van der Waals surface area contributed by atoms with Crippen LogP contribution in [-0.4, -0.2) is 27.2 Å². The summed E-state index contributed by atoms with van der Waals surface area (Å²) in [5.41, 5.74) is -0.324. The summed E-state index contributed by atoms with van der Waals surface area (Å²) in [6.07, 6.45) is 0.579. The molecule has 0 bridgehead atoms. The van der Waals surface area contributed by atoms with Crippen molar-refractivity contribution in [1.82, 2.24) is 15.2 Å². The molecule has 6 rings (SSSR count). The molecule has 3 aromatic rings. The molecule has 3 fully saturated rings. The lowest BCUT2D eigenvalue weighted by Crippen LogP contribution is -2.29. The molecule has 2 N–H and O–H groups in total. The summed E-state index contributed by atoms with van der Waals surface area (Å²) in [5.74, 6) is 0.829. The van der Waals surface area contributed by atoms with Gasteiger partial charge in [-0.3, -0.25) is 14.9 Å². The fourth-order valence-electron chi connectivity index (χ4n) is 5.75. The standard InChI is InChI=1S/C24H22F4N4O2/c25-12-3-4-17-16(7-12)18(5-6-29-17)34-13-8-14-15(9-13)22(14)21(11-1-2-11)23(33)30-20-10-19(31-32-20)24(26,27)28/h3-7,10-11,13-15,21-22H,1-2,8-9H2,(H2,30,31,32,33). The van der Waals surface area contributed by atoms with Gasteiger partial charge in [-0.15, -0.1) is 0 Å². The van der Waals surface area contributed by atoms with Crippen LogP contribution >= 0.6 is 0 Å². The van der Waals surface area contributed by atoms with E-state index in [9.17, 15) is 22.4 Å². The van der Waals surface area contributed by atoms with Crippen molar-refractivity contribution in [3.63, 3.8) is 0 Å². The van der Waals surface area contributed by atoms with E-state index in [2.05, 4.69) is 15.4 Å². The van der Waals surface area contributed by atoms with Crippen molar-refractivity contribution in [3.05, 3.63) is 48.0 Å². The maximum absolute atomic E-state index is 13.7. The Labute approximate surface area is 192 Å². The van der Waals surface area contributed by atoms with Crippen molar-refractivity contribution in [2.24, 2.45) is 29.6 Å². The number of halogens is 4. The molecule has 2 aromatic heterocycles. The molecular weight excluding hydrogens is 452 g/mol. The Balaban J connectivity index is 1.11. The number of anilines is 1. The topological polar surface area (TPSA) is 79.9 Å². The Hall–Kier alpha value is -3.17. The van der Waals surface area contributed by atoms with E-state index in [1.165, 1.54) is 12.1 Å². The van der Waals surface area contributed by atoms with Gasteiger partial charge in [-0.25, -0.2) is 4.39 Å². The van der Waals surface area contributed by atoms with Gasteiger partial charge in [-0.2, -0.15) is 18.3 Å². The first-order chi connectivity index (χ1) is 16.3. The first kappa shape index (κ1) is 21.4. The highest BCUT2D eigenvalue weighted by atomic mass is 19.4. The second-order valence-corrected chi connectivity index (χ2v) is 9.60. The van der Waals surface area contributed by atoms with Crippen molar-refractivity contribution in [3.8, 4) is 5.75 Å². The van der Waals surface area contributed by atoms with Crippen LogP contribution in [0.2, 0.25) is 0 Å². The number of hydrogen-bond acceptors (Lipinski definition) is 4. The van der Waals surface area contributed by atoms with Gasteiger partial charge in [0.15, 0.2) is 5.82 Å². The van der Waals surface area contributed by atoms with Gasteiger partial charge in [0.05, 0.1) is 11.6 Å². The summed E-state index contributed by atoms with van der Waals surface area (Å²) < 4.78 is 58.4. The highest BCUT2D eigenvalue weighted by molar-refractivity contribution is 5.92. The van der Waals surface area contributed by atoms with Gasteiger partial charge >= 0.3 is 6.18 Å². The van der Waals surface area contributed by atoms with Gasteiger partial charge in [0.2, 0.25) is 5.91 Å². The zero-order valence-electron chi connectivity index (χ0n) is 18.0. The van der Waals surface area contributed by atoms with Crippen LogP contribution in [0, 0.1) is 35.4 Å². The largest absolute Gasteiger partial charge is 0.490 e. The predicted molar refractivity (Wildman–Crippen MR) is 114 cm³/mol. The number of ether oxygens (including phenoxy) is 1. The minimum absolute atomic E-state index is 0.0243. The van der Waals surface area contributed by atoms with Crippen LogP contribution < -0.4 is 10.1 Å². The van der Waals surface area contributed by atoms with E-state index in [0.717, 1.165) is 31.7 Å². The van der Waals surface area contributed by atoms with Gasteiger partial charge in [-0.05, 0) is 73.6 Å². The summed E-state index contributed by atoms with van der Waals surface area (Å²) in [4.78, 5) is 17.2. The van der Waals surface area contributed by atoms with E-state index in [4.69, 9.17) is 4.74 Å². The number of aromatic amines is 1. The lowest BCUT2D eigenvalue weighted by atomic mass is 9.91. The van der Waals surface area contributed by atoms with Crippen molar-refractivity contribution in [1.29, 1.82) is 0 Å². The van der Waals surface area contributed by atoms with Gasteiger partial charge in [0.25, 0.3) is 0 Å². The molecule has 3 aliphatic carbocycles. The SMILES string of the molecule is O=C(Nc1cc(C(F)(F)F)[nH]n1)C(C1CC1)C1C2CC(Oc3ccnc4ccc(F)cc34)CC21. The number of carbonyl (C=O) groups is 1. The zero-order chi connectivity index (χ0) is 23.6. The minimum atomic E-state index is -4.54. The molecule has 1 aromatic carbocycles. The lowest BCUT2D eigenvalue weighted by molar-refractivity contribution is -0.141. The molecule has 0 radical (unpaired) electrons. The zero-order valence-corrected chi connectivity index (χ0v) is 18.0. The molecule has 3 aliphatic rings. The Bertz CT molecular complexity index is 1240. The number of aromatic nitrogens is 3. The van der Waals surface area contributed by atoms with Crippen LogP contribution in [0.4, 0.5) is 23.4 Å². The molecule has 0 saturated heterocycles. The first-order valence-corrected chi connectivity index (χ1v) is 11.4. The summed E-state index contributed by atoms with van der Waals surface area (Å²) in [7, 11) is 0. The smallest absolute Gasteiger partial charge is 0.432 e. The number of alkyl halides is 3. The van der Waals surface area contributed by atoms with E-state index in [0.29, 0.717) is 28.5 Å². The van der Waals surface area contributed by atoms with Crippen LogP contribution in [-0.2, 0) is 11.0 Å². The Kier molecular flexibility index (Phi) is 4.82. The van der Waals surface area contributed by atoms with Crippen LogP contribution in [0.1, 0.15) is 31.4 Å². The van der Waals surface area contributed by atoms with Gasteiger partial charge in [0, 0.05) is 23.6 Å². The Morgan fingerprint density at radius 1 is 1.15 bits per heavy atom. The molecular formula is C24H22F4N4O2.